The maximum absolute atomic E-state index is 15.2. The highest BCUT2D eigenvalue weighted by Crippen LogP contribution is 2.34. The molecule has 1 saturated heterocycles. The fourth-order valence-electron chi connectivity index (χ4n) is 5.45. The van der Waals surface area contributed by atoms with Gasteiger partial charge in [-0.2, -0.15) is 0 Å². The zero-order valence-electron chi connectivity index (χ0n) is 25.3. The summed E-state index contributed by atoms with van der Waals surface area (Å²) in [6, 6.07) is 17.1. The van der Waals surface area contributed by atoms with Gasteiger partial charge in [-0.25, -0.2) is 4.39 Å². The van der Waals surface area contributed by atoms with Gasteiger partial charge in [-0.1, -0.05) is 24.3 Å². The molecule has 8 heteroatoms. The van der Waals surface area contributed by atoms with Crippen molar-refractivity contribution in [2.24, 2.45) is 5.92 Å². The minimum atomic E-state index is -0.334. The van der Waals surface area contributed by atoms with E-state index in [1.165, 1.54) is 22.8 Å². The lowest BCUT2D eigenvalue weighted by Gasteiger charge is -2.23. The Morgan fingerprint density at radius 1 is 1.00 bits per heavy atom. The fourth-order valence-corrected chi connectivity index (χ4v) is 5.45. The van der Waals surface area contributed by atoms with E-state index in [9.17, 15) is 4.79 Å². The maximum atomic E-state index is 15.2. The van der Waals surface area contributed by atoms with Crippen molar-refractivity contribution < 1.29 is 18.7 Å². The van der Waals surface area contributed by atoms with Gasteiger partial charge in [0, 0.05) is 36.3 Å². The minimum absolute atomic E-state index is 0.0720. The maximum Gasteiger partial charge on any atom is 0.239 e. The van der Waals surface area contributed by atoms with Crippen LogP contribution in [0.1, 0.15) is 40.7 Å². The molecule has 0 radical (unpaired) electrons. The van der Waals surface area contributed by atoms with E-state index in [1.807, 2.05) is 18.2 Å². The van der Waals surface area contributed by atoms with E-state index in [1.54, 1.807) is 25.4 Å². The Bertz CT molecular complexity index is 1570. The van der Waals surface area contributed by atoms with Crippen LogP contribution in [0.4, 0.5) is 10.1 Å². The zero-order valence-corrected chi connectivity index (χ0v) is 25.3. The summed E-state index contributed by atoms with van der Waals surface area (Å²) < 4.78 is 27.0. The summed E-state index contributed by atoms with van der Waals surface area (Å²) in [6.07, 6.45) is 5.09. The van der Waals surface area contributed by atoms with Crippen LogP contribution in [0.5, 0.6) is 11.5 Å². The molecule has 226 valence electrons. The number of hydrogen-bond donors (Lipinski definition) is 3. The van der Waals surface area contributed by atoms with Crippen molar-refractivity contribution in [3.63, 3.8) is 0 Å². The molecule has 2 heterocycles. The van der Waals surface area contributed by atoms with Crippen LogP contribution < -0.4 is 25.4 Å². The van der Waals surface area contributed by atoms with Crippen LogP contribution in [0, 0.1) is 25.6 Å². The molecule has 0 spiro atoms. The lowest BCUT2D eigenvalue weighted by Crippen LogP contribution is -2.31. The number of pyridine rings is 1. The Labute approximate surface area is 253 Å². The number of nitrogens with one attached hydrogen (secondary N) is 3. The largest absolute Gasteiger partial charge is 0.493 e. The van der Waals surface area contributed by atoms with Crippen LogP contribution in [-0.4, -0.2) is 50.8 Å². The summed E-state index contributed by atoms with van der Waals surface area (Å²) in [4.78, 5) is 16.9. The average molecular weight is 585 g/mol. The van der Waals surface area contributed by atoms with Crippen molar-refractivity contribution in [2.75, 3.05) is 45.2 Å². The number of benzene rings is 3. The Kier molecular flexibility index (Phi) is 10.1. The molecule has 5 rings (SSSR count). The number of carbonyl (C=O) groups excluding carboxylic acids is 1. The second-order valence-corrected chi connectivity index (χ2v) is 11.3. The van der Waals surface area contributed by atoms with Crippen molar-refractivity contribution in [3.05, 3.63) is 94.4 Å². The van der Waals surface area contributed by atoms with Gasteiger partial charge in [-0.15, -0.1) is 0 Å². The predicted molar refractivity (Wildman–Crippen MR) is 170 cm³/mol. The number of aromatic nitrogens is 1. The first-order chi connectivity index (χ1) is 20.9. The van der Waals surface area contributed by atoms with Crippen LogP contribution in [0.3, 0.4) is 0 Å². The molecule has 3 N–H and O–H groups in total. The highest BCUT2D eigenvalue weighted by Gasteiger charge is 2.17. The van der Waals surface area contributed by atoms with Crippen LogP contribution in [-0.2, 0) is 17.6 Å². The lowest BCUT2D eigenvalue weighted by atomic mass is 9.99. The average Bonchev–Trinajstić information content (AvgIpc) is 3.02. The Hall–Kier alpha value is -4.17. The molecular formula is C35H41FN4O3. The van der Waals surface area contributed by atoms with Gasteiger partial charge in [-0.05, 0) is 104 Å². The first kappa shape index (κ1) is 30.3. The van der Waals surface area contributed by atoms with Gasteiger partial charge in [-0.3, -0.25) is 9.78 Å². The molecule has 1 aromatic heterocycles. The summed E-state index contributed by atoms with van der Waals surface area (Å²) in [5.74, 6) is 1.37. The Morgan fingerprint density at radius 2 is 1.84 bits per heavy atom. The monoisotopic (exact) mass is 584 g/mol. The summed E-state index contributed by atoms with van der Waals surface area (Å²) in [5, 5.41) is 10.2. The SMILES string of the molecule is COc1cc2c(Cc3ccc(NCC(=O)NCCc4ccc(C)c(C)c4)cc3F)ccnc2cc1OCC1CCNCC1. The molecule has 43 heavy (non-hydrogen) atoms. The van der Waals surface area contributed by atoms with Crippen LogP contribution in [0.25, 0.3) is 10.9 Å². The molecule has 3 aromatic carbocycles. The van der Waals surface area contributed by atoms with Crippen LogP contribution in [0.2, 0.25) is 0 Å². The number of piperidine rings is 1. The third-order valence-corrected chi connectivity index (χ3v) is 8.24. The van der Waals surface area contributed by atoms with Gasteiger partial charge in [0.25, 0.3) is 0 Å². The molecule has 1 aliphatic heterocycles. The number of ether oxygens (including phenoxy) is 2. The molecule has 1 aliphatic rings. The van der Waals surface area contributed by atoms with Crippen molar-refractivity contribution in [3.8, 4) is 11.5 Å². The molecule has 0 bridgehead atoms. The number of halogens is 1. The highest BCUT2D eigenvalue weighted by molar-refractivity contribution is 5.86. The van der Waals surface area contributed by atoms with Crippen molar-refractivity contribution in [2.45, 2.75) is 39.5 Å². The number of aryl methyl sites for hydroxylation is 2. The van der Waals surface area contributed by atoms with Crippen molar-refractivity contribution in [1.29, 1.82) is 0 Å². The second kappa shape index (κ2) is 14.3. The van der Waals surface area contributed by atoms with E-state index in [4.69, 9.17) is 9.47 Å². The van der Waals surface area contributed by atoms with Crippen LogP contribution in [0.15, 0.2) is 60.8 Å². The Balaban J connectivity index is 1.18. The van der Waals surface area contributed by atoms with E-state index in [0.29, 0.717) is 48.2 Å². The summed E-state index contributed by atoms with van der Waals surface area (Å²) in [6.45, 7) is 7.48. The predicted octanol–water partition coefficient (Wildman–Crippen LogP) is 5.74. The number of hydrogen-bond acceptors (Lipinski definition) is 6. The summed E-state index contributed by atoms with van der Waals surface area (Å²) in [5.41, 5.74) is 6.53. The molecule has 0 atom stereocenters. The lowest BCUT2D eigenvalue weighted by molar-refractivity contribution is -0.119. The quantitative estimate of drug-likeness (QED) is 0.197. The third-order valence-electron chi connectivity index (χ3n) is 8.24. The van der Waals surface area contributed by atoms with E-state index in [-0.39, 0.29) is 18.3 Å². The topological polar surface area (TPSA) is 84.5 Å². The first-order valence-electron chi connectivity index (χ1n) is 15.0. The molecule has 0 aliphatic carbocycles. The van der Waals surface area contributed by atoms with Gasteiger partial charge >= 0.3 is 0 Å². The number of amides is 1. The van der Waals surface area contributed by atoms with Gasteiger partial charge in [0.15, 0.2) is 11.5 Å². The number of rotatable bonds is 12. The molecule has 0 saturated carbocycles. The van der Waals surface area contributed by atoms with E-state index >= 15 is 4.39 Å². The second-order valence-electron chi connectivity index (χ2n) is 11.3. The van der Waals surface area contributed by atoms with E-state index < -0.39 is 0 Å². The smallest absolute Gasteiger partial charge is 0.239 e. The standard InChI is InChI=1S/C35H41FN4O3/c1-23-4-5-25(16-24(23)2)10-14-39-35(41)21-40-29-7-6-28(31(36)18-29)17-27-11-15-38-32-20-34(33(42-3)19-30(27)32)43-22-26-8-12-37-13-9-26/h4-7,11,15-16,18-20,26,37,40H,8-10,12-14,17,21-22H2,1-3H3,(H,39,41). The van der Waals surface area contributed by atoms with Crippen molar-refractivity contribution in [1.82, 2.24) is 15.6 Å². The van der Waals surface area contributed by atoms with Gasteiger partial charge in [0.1, 0.15) is 5.82 Å². The summed E-state index contributed by atoms with van der Waals surface area (Å²) >= 11 is 0. The fraction of sp³-hybridized carbons (Fsp3) is 0.371. The highest BCUT2D eigenvalue weighted by atomic mass is 19.1. The number of nitrogens with zero attached hydrogens (tertiary/aromatic N) is 1. The first-order valence-corrected chi connectivity index (χ1v) is 15.0. The van der Waals surface area contributed by atoms with Gasteiger partial charge in [0.05, 0.1) is 25.8 Å². The van der Waals surface area contributed by atoms with E-state index in [0.717, 1.165) is 48.8 Å². The molecule has 1 amide bonds. The zero-order chi connectivity index (χ0) is 30.2. The normalized spacial score (nSPS) is 13.6. The number of methoxy groups -OCH3 is 1. The van der Waals surface area contributed by atoms with Crippen LogP contribution >= 0.6 is 0 Å². The minimum Gasteiger partial charge on any atom is -0.493 e. The van der Waals surface area contributed by atoms with E-state index in [2.05, 4.69) is 53.0 Å². The molecule has 4 aromatic rings. The molecular weight excluding hydrogens is 543 g/mol. The number of carbonyl (C=O) groups is 1. The van der Waals surface area contributed by atoms with Crippen molar-refractivity contribution >= 4 is 22.5 Å². The molecule has 7 nitrogen and oxygen atoms in total. The summed E-state index contributed by atoms with van der Waals surface area (Å²) in [7, 11) is 1.63. The molecule has 1 fully saturated rings. The molecule has 0 unspecified atom stereocenters. The van der Waals surface area contributed by atoms with Gasteiger partial charge in [0.2, 0.25) is 5.91 Å². The van der Waals surface area contributed by atoms with Gasteiger partial charge < -0.3 is 25.4 Å². The number of anilines is 1. The Morgan fingerprint density at radius 3 is 2.60 bits per heavy atom. The number of fused-ring (bicyclic) bond motifs is 1. The third kappa shape index (κ3) is 8.02.